The molecule has 1 atom stereocenters. The highest BCUT2D eigenvalue weighted by atomic mass is 19.4. The Morgan fingerprint density at radius 1 is 0.970 bits per heavy atom. The molecule has 0 aliphatic carbocycles. The van der Waals surface area contributed by atoms with E-state index in [9.17, 15) is 27.6 Å². The second-order valence-corrected chi connectivity index (χ2v) is 7.59. The molecule has 1 aliphatic rings. The normalized spacial score (nSPS) is 18.1. The SMILES string of the molecule is Cc1cccn(CC2(c3cccc(Oc4cccc(C(F)(F)F)c4)c3)NC(=O)NC2=O)c1=O. The molecule has 170 valence electrons. The van der Waals surface area contributed by atoms with Gasteiger partial charge in [0.15, 0.2) is 5.54 Å². The number of pyridine rings is 1. The lowest BCUT2D eigenvalue weighted by molar-refractivity contribution is -0.137. The Kier molecular flexibility index (Phi) is 5.44. The van der Waals surface area contributed by atoms with Crippen LogP contribution in [0.3, 0.4) is 0 Å². The van der Waals surface area contributed by atoms with Crippen LogP contribution in [0.1, 0.15) is 16.7 Å². The van der Waals surface area contributed by atoms with Gasteiger partial charge in [-0.25, -0.2) is 4.79 Å². The van der Waals surface area contributed by atoms with E-state index in [1.807, 2.05) is 0 Å². The zero-order valence-electron chi connectivity index (χ0n) is 17.3. The first kappa shape index (κ1) is 22.1. The zero-order valence-corrected chi connectivity index (χ0v) is 17.3. The van der Waals surface area contributed by atoms with Gasteiger partial charge >= 0.3 is 12.2 Å². The maximum absolute atomic E-state index is 13.0. The van der Waals surface area contributed by atoms with Gasteiger partial charge in [-0.1, -0.05) is 24.3 Å². The van der Waals surface area contributed by atoms with Crippen molar-refractivity contribution in [2.45, 2.75) is 25.2 Å². The third-order valence-corrected chi connectivity index (χ3v) is 5.28. The molecule has 0 radical (unpaired) electrons. The Morgan fingerprint density at radius 3 is 2.33 bits per heavy atom. The Labute approximate surface area is 185 Å². The van der Waals surface area contributed by atoms with Crippen molar-refractivity contribution < 1.29 is 27.5 Å². The third kappa shape index (κ3) is 4.32. The minimum atomic E-state index is -4.53. The summed E-state index contributed by atoms with van der Waals surface area (Å²) in [4.78, 5) is 37.4. The smallest absolute Gasteiger partial charge is 0.416 e. The molecule has 0 spiro atoms. The standard InChI is InChI=1S/C23H18F3N3O4/c1-14-5-4-10-29(19(14)30)13-22(20(31)27-21(32)28-22)15-6-2-8-17(11-15)33-18-9-3-7-16(12-18)23(24,25)26/h2-12H,13H2,1H3,(H2,27,28,31,32). The first-order valence-electron chi connectivity index (χ1n) is 9.84. The van der Waals surface area contributed by atoms with Gasteiger partial charge in [0.25, 0.3) is 11.5 Å². The number of hydrogen-bond acceptors (Lipinski definition) is 4. The highest BCUT2D eigenvalue weighted by molar-refractivity contribution is 6.07. The van der Waals surface area contributed by atoms with Crippen LogP contribution in [0.2, 0.25) is 0 Å². The number of imide groups is 1. The van der Waals surface area contributed by atoms with Crippen molar-refractivity contribution in [3.8, 4) is 11.5 Å². The summed E-state index contributed by atoms with van der Waals surface area (Å²) >= 11 is 0. The van der Waals surface area contributed by atoms with Crippen molar-refractivity contribution >= 4 is 11.9 Å². The van der Waals surface area contributed by atoms with Gasteiger partial charge in [-0.2, -0.15) is 13.2 Å². The quantitative estimate of drug-likeness (QED) is 0.572. The molecule has 0 bridgehead atoms. The molecular weight excluding hydrogens is 439 g/mol. The fraction of sp³-hybridized carbons (Fsp3) is 0.174. The molecule has 2 N–H and O–H groups in total. The molecular formula is C23H18F3N3O4. The number of nitrogens with one attached hydrogen (secondary N) is 2. The molecule has 1 aliphatic heterocycles. The number of nitrogens with zero attached hydrogens (tertiary/aromatic N) is 1. The summed E-state index contributed by atoms with van der Waals surface area (Å²) in [6.07, 6.45) is -3.03. The maximum atomic E-state index is 13.0. The highest BCUT2D eigenvalue weighted by Crippen LogP contribution is 2.34. The van der Waals surface area contributed by atoms with Gasteiger partial charge < -0.3 is 14.6 Å². The Bertz CT molecular complexity index is 1300. The summed E-state index contributed by atoms with van der Waals surface area (Å²) in [6, 6.07) is 13.0. The lowest BCUT2D eigenvalue weighted by Crippen LogP contribution is -2.49. The summed E-state index contributed by atoms with van der Waals surface area (Å²) in [5.41, 5.74) is -2.07. The number of carbonyl (C=O) groups excluding carboxylic acids is 2. The van der Waals surface area contributed by atoms with Gasteiger partial charge in [-0.15, -0.1) is 0 Å². The minimum absolute atomic E-state index is 0.0502. The average Bonchev–Trinajstić information content (AvgIpc) is 3.05. The summed E-state index contributed by atoms with van der Waals surface area (Å²) in [6.45, 7) is 1.43. The number of aryl methyl sites for hydroxylation is 1. The highest BCUT2D eigenvalue weighted by Gasteiger charge is 2.48. The molecule has 1 saturated heterocycles. The number of aromatic nitrogens is 1. The van der Waals surface area contributed by atoms with Crippen LogP contribution in [0.4, 0.5) is 18.0 Å². The lowest BCUT2D eigenvalue weighted by Gasteiger charge is -2.28. The second-order valence-electron chi connectivity index (χ2n) is 7.59. The number of ether oxygens (including phenoxy) is 1. The minimum Gasteiger partial charge on any atom is -0.457 e. The van der Waals surface area contributed by atoms with Crippen LogP contribution < -0.4 is 20.9 Å². The monoisotopic (exact) mass is 457 g/mol. The number of halogens is 3. The van der Waals surface area contributed by atoms with E-state index in [0.29, 0.717) is 11.1 Å². The Morgan fingerprint density at radius 2 is 1.67 bits per heavy atom. The lowest BCUT2D eigenvalue weighted by atomic mass is 9.89. The van der Waals surface area contributed by atoms with Crippen molar-refractivity contribution in [1.29, 1.82) is 0 Å². The summed E-state index contributed by atoms with van der Waals surface area (Å²) in [5, 5.41) is 4.77. The number of urea groups is 1. The van der Waals surface area contributed by atoms with Crippen LogP contribution in [0.15, 0.2) is 71.7 Å². The molecule has 33 heavy (non-hydrogen) atoms. The van der Waals surface area contributed by atoms with Gasteiger partial charge in [0.2, 0.25) is 0 Å². The first-order chi connectivity index (χ1) is 15.6. The van der Waals surface area contributed by atoms with Crippen molar-refractivity contribution in [3.05, 3.63) is 93.9 Å². The summed E-state index contributed by atoms with van der Waals surface area (Å²) in [5.74, 6) is -0.570. The van der Waals surface area contributed by atoms with E-state index in [4.69, 9.17) is 4.74 Å². The van der Waals surface area contributed by atoms with E-state index < -0.39 is 29.2 Å². The third-order valence-electron chi connectivity index (χ3n) is 5.28. The number of rotatable bonds is 5. The van der Waals surface area contributed by atoms with Crippen LogP contribution in [-0.2, 0) is 23.1 Å². The van der Waals surface area contributed by atoms with Crippen molar-refractivity contribution in [2.75, 3.05) is 0 Å². The molecule has 7 nitrogen and oxygen atoms in total. The molecule has 3 aromatic rings. The van der Waals surface area contributed by atoms with Crippen LogP contribution in [0, 0.1) is 6.92 Å². The molecule has 3 amide bonds. The van der Waals surface area contributed by atoms with E-state index in [-0.39, 0.29) is 23.6 Å². The number of benzene rings is 2. The number of amides is 3. The van der Waals surface area contributed by atoms with E-state index >= 15 is 0 Å². The predicted octanol–water partition coefficient (Wildman–Crippen LogP) is 3.70. The zero-order chi connectivity index (χ0) is 23.8. The van der Waals surface area contributed by atoms with Crippen molar-refractivity contribution in [1.82, 2.24) is 15.2 Å². The van der Waals surface area contributed by atoms with Gasteiger partial charge in [-0.3, -0.25) is 14.9 Å². The molecule has 10 heteroatoms. The summed E-state index contributed by atoms with van der Waals surface area (Å²) in [7, 11) is 0. The van der Waals surface area contributed by atoms with E-state index in [1.54, 1.807) is 25.1 Å². The molecule has 1 aromatic heterocycles. The van der Waals surface area contributed by atoms with Gasteiger partial charge in [0.05, 0.1) is 12.1 Å². The van der Waals surface area contributed by atoms with E-state index in [0.717, 1.165) is 12.1 Å². The van der Waals surface area contributed by atoms with E-state index in [2.05, 4.69) is 10.6 Å². The molecule has 0 saturated carbocycles. The number of hydrogen-bond donors (Lipinski definition) is 2. The predicted molar refractivity (Wildman–Crippen MR) is 112 cm³/mol. The molecule has 1 unspecified atom stereocenters. The number of alkyl halides is 3. The van der Waals surface area contributed by atoms with Crippen LogP contribution in [0.5, 0.6) is 11.5 Å². The van der Waals surface area contributed by atoms with Gasteiger partial charge in [0, 0.05) is 11.8 Å². The van der Waals surface area contributed by atoms with Crippen molar-refractivity contribution in [2.24, 2.45) is 0 Å². The second kappa shape index (κ2) is 8.12. The van der Waals surface area contributed by atoms with Crippen LogP contribution in [0.25, 0.3) is 0 Å². The topological polar surface area (TPSA) is 89.4 Å². The maximum Gasteiger partial charge on any atom is 0.416 e. The fourth-order valence-electron chi connectivity index (χ4n) is 3.63. The van der Waals surface area contributed by atoms with Crippen molar-refractivity contribution in [3.63, 3.8) is 0 Å². The van der Waals surface area contributed by atoms with E-state index in [1.165, 1.54) is 41.1 Å². The average molecular weight is 457 g/mol. The van der Waals surface area contributed by atoms with Gasteiger partial charge in [0.1, 0.15) is 11.5 Å². The molecule has 4 rings (SSSR count). The Balaban J connectivity index is 1.72. The molecule has 2 heterocycles. The molecule has 2 aromatic carbocycles. The van der Waals surface area contributed by atoms with Crippen LogP contribution in [-0.4, -0.2) is 16.5 Å². The number of carbonyl (C=O) groups is 2. The molecule has 1 fully saturated rings. The first-order valence-corrected chi connectivity index (χ1v) is 9.84. The fourth-order valence-corrected chi connectivity index (χ4v) is 3.63. The van der Waals surface area contributed by atoms with Crippen LogP contribution >= 0.6 is 0 Å². The van der Waals surface area contributed by atoms with Gasteiger partial charge in [-0.05, 0) is 48.9 Å². The Hall–Kier alpha value is -4.08. The largest absolute Gasteiger partial charge is 0.457 e. The summed E-state index contributed by atoms with van der Waals surface area (Å²) < 4.78 is 45.9.